The third-order valence-corrected chi connectivity index (χ3v) is 3.49. The highest BCUT2D eigenvalue weighted by atomic mass is 16.5. The molecule has 0 aliphatic heterocycles. The molecule has 2 rings (SSSR count). The van der Waals surface area contributed by atoms with Gasteiger partial charge in [-0.3, -0.25) is 0 Å². The fraction of sp³-hybridized carbons (Fsp3) is 0.571. The number of ether oxygens (including phenoxy) is 2. The van der Waals surface area contributed by atoms with Crippen LogP contribution in [0.15, 0.2) is 18.2 Å². The van der Waals surface area contributed by atoms with Gasteiger partial charge in [0, 0.05) is 11.6 Å². The number of rotatable bonds is 6. The Morgan fingerprint density at radius 1 is 1.24 bits per heavy atom. The first kappa shape index (κ1) is 12.2. The Labute approximate surface area is 103 Å². The van der Waals surface area contributed by atoms with Crippen molar-refractivity contribution in [1.29, 1.82) is 0 Å². The van der Waals surface area contributed by atoms with Crippen LogP contribution in [-0.4, -0.2) is 20.3 Å². The highest BCUT2D eigenvalue weighted by Gasteiger charge is 2.28. The summed E-state index contributed by atoms with van der Waals surface area (Å²) in [6.07, 6.45) is 4.51. The smallest absolute Gasteiger partial charge is 0.125 e. The van der Waals surface area contributed by atoms with Gasteiger partial charge in [0.1, 0.15) is 11.5 Å². The Morgan fingerprint density at radius 2 is 1.82 bits per heavy atom. The van der Waals surface area contributed by atoms with Crippen molar-refractivity contribution in [2.45, 2.75) is 31.7 Å². The van der Waals surface area contributed by atoms with Crippen LogP contribution in [0.25, 0.3) is 0 Å². The summed E-state index contributed by atoms with van der Waals surface area (Å²) in [6.45, 7) is 0. The molecule has 0 aromatic heterocycles. The van der Waals surface area contributed by atoms with E-state index in [4.69, 9.17) is 15.2 Å². The third kappa shape index (κ3) is 2.91. The van der Waals surface area contributed by atoms with Gasteiger partial charge in [-0.25, -0.2) is 0 Å². The lowest BCUT2D eigenvalue weighted by atomic mass is 10.0. The Morgan fingerprint density at radius 3 is 2.29 bits per heavy atom. The quantitative estimate of drug-likeness (QED) is 0.823. The van der Waals surface area contributed by atoms with Gasteiger partial charge in [-0.1, -0.05) is 6.07 Å². The highest BCUT2D eigenvalue weighted by molar-refractivity contribution is 5.44. The molecule has 0 radical (unpaired) electrons. The maximum Gasteiger partial charge on any atom is 0.125 e. The van der Waals surface area contributed by atoms with Gasteiger partial charge >= 0.3 is 0 Å². The predicted molar refractivity (Wildman–Crippen MR) is 68.6 cm³/mol. The van der Waals surface area contributed by atoms with Crippen LogP contribution in [0.2, 0.25) is 0 Å². The summed E-state index contributed by atoms with van der Waals surface area (Å²) in [5.41, 5.74) is 7.26. The maximum atomic E-state index is 6.13. The second kappa shape index (κ2) is 5.41. The van der Waals surface area contributed by atoms with Gasteiger partial charge in [-0.2, -0.15) is 0 Å². The third-order valence-electron chi connectivity index (χ3n) is 3.49. The van der Waals surface area contributed by atoms with Crippen LogP contribution in [0.5, 0.6) is 11.5 Å². The van der Waals surface area contributed by atoms with E-state index in [2.05, 4.69) is 0 Å². The van der Waals surface area contributed by atoms with Crippen molar-refractivity contribution in [1.82, 2.24) is 0 Å². The minimum Gasteiger partial charge on any atom is -0.496 e. The molecule has 0 saturated heterocycles. The van der Waals surface area contributed by atoms with E-state index in [1.54, 1.807) is 14.2 Å². The zero-order chi connectivity index (χ0) is 12.3. The largest absolute Gasteiger partial charge is 0.496 e. The van der Waals surface area contributed by atoms with Crippen LogP contribution in [0.1, 0.15) is 24.8 Å². The van der Waals surface area contributed by atoms with Gasteiger partial charge in [0.05, 0.1) is 14.2 Å². The number of nitrogens with two attached hydrogens (primary N) is 1. The zero-order valence-electron chi connectivity index (χ0n) is 10.6. The summed E-state index contributed by atoms with van der Waals surface area (Å²) >= 11 is 0. The van der Waals surface area contributed by atoms with Crippen molar-refractivity contribution in [2.24, 2.45) is 11.7 Å². The van der Waals surface area contributed by atoms with E-state index in [1.165, 1.54) is 12.8 Å². The summed E-state index contributed by atoms with van der Waals surface area (Å²) in [6, 6.07) is 6.22. The molecule has 3 heteroatoms. The summed E-state index contributed by atoms with van der Waals surface area (Å²) in [7, 11) is 3.39. The lowest BCUT2D eigenvalue weighted by molar-refractivity contribution is 0.382. The molecule has 1 unspecified atom stereocenters. The Balaban J connectivity index is 2.06. The van der Waals surface area contributed by atoms with E-state index < -0.39 is 0 Å². The fourth-order valence-electron chi connectivity index (χ4n) is 2.25. The molecular weight excluding hydrogens is 214 g/mol. The van der Waals surface area contributed by atoms with Crippen LogP contribution in [0, 0.1) is 5.92 Å². The van der Waals surface area contributed by atoms with Gasteiger partial charge in [-0.15, -0.1) is 0 Å². The first-order valence-electron chi connectivity index (χ1n) is 6.21. The summed E-state index contributed by atoms with van der Waals surface area (Å²) in [5.74, 6) is 2.54. The van der Waals surface area contributed by atoms with Crippen molar-refractivity contribution >= 4 is 0 Å². The predicted octanol–water partition coefficient (Wildman–Crippen LogP) is 2.37. The molecule has 1 aliphatic rings. The number of hydrogen-bond acceptors (Lipinski definition) is 3. The first-order chi connectivity index (χ1) is 8.26. The standard InChI is InChI=1S/C14H21NO2/c1-16-13-4-3-5-14(17-2)11(13)8-9-12(15)10-6-7-10/h3-5,10,12H,6-9,15H2,1-2H3. The zero-order valence-corrected chi connectivity index (χ0v) is 10.6. The second-order valence-electron chi connectivity index (χ2n) is 4.68. The van der Waals surface area contributed by atoms with Crippen LogP contribution < -0.4 is 15.2 Å². The van der Waals surface area contributed by atoms with Gasteiger partial charge in [0.15, 0.2) is 0 Å². The van der Waals surface area contributed by atoms with E-state index in [0.29, 0.717) is 6.04 Å². The van der Waals surface area contributed by atoms with Crippen molar-refractivity contribution in [3.8, 4) is 11.5 Å². The monoisotopic (exact) mass is 235 g/mol. The molecule has 0 amide bonds. The molecule has 1 atom stereocenters. The molecule has 1 saturated carbocycles. The van der Waals surface area contributed by atoms with Gasteiger partial charge in [-0.05, 0) is 43.7 Å². The van der Waals surface area contributed by atoms with E-state index in [-0.39, 0.29) is 0 Å². The summed E-state index contributed by atoms with van der Waals surface area (Å²) in [5, 5.41) is 0. The molecule has 94 valence electrons. The van der Waals surface area contributed by atoms with Crippen molar-refractivity contribution < 1.29 is 9.47 Å². The Hall–Kier alpha value is -1.22. The SMILES string of the molecule is COc1cccc(OC)c1CCC(N)C1CC1. The Bertz CT molecular complexity index is 352. The maximum absolute atomic E-state index is 6.13. The van der Waals surface area contributed by atoms with E-state index in [1.807, 2.05) is 18.2 Å². The number of hydrogen-bond donors (Lipinski definition) is 1. The molecule has 1 aliphatic carbocycles. The van der Waals surface area contributed by atoms with Crippen LogP contribution in [-0.2, 0) is 6.42 Å². The molecule has 0 spiro atoms. The van der Waals surface area contributed by atoms with E-state index in [0.717, 1.165) is 35.8 Å². The molecule has 1 aromatic rings. The van der Waals surface area contributed by atoms with Crippen molar-refractivity contribution in [3.05, 3.63) is 23.8 Å². The number of benzene rings is 1. The van der Waals surface area contributed by atoms with Gasteiger partial charge in [0.2, 0.25) is 0 Å². The lowest BCUT2D eigenvalue weighted by Gasteiger charge is -2.15. The minimum absolute atomic E-state index is 0.324. The normalized spacial score (nSPS) is 16.6. The average molecular weight is 235 g/mol. The fourth-order valence-corrected chi connectivity index (χ4v) is 2.25. The van der Waals surface area contributed by atoms with Gasteiger partial charge < -0.3 is 15.2 Å². The van der Waals surface area contributed by atoms with Crippen LogP contribution >= 0.6 is 0 Å². The first-order valence-corrected chi connectivity index (χ1v) is 6.21. The second-order valence-corrected chi connectivity index (χ2v) is 4.68. The van der Waals surface area contributed by atoms with Crippen LogP contribution in [0.4, 0.5) is 0 Å². The van der Waals surface area contributed by atoms with Crippen molar-refractivity contribution in [2.75, 3.05) is 14.2 Å². The topological polar surface area (TPSA) is 44.5 Å². The molecule has 2 N–H and O–H groups in total. The van der Waals surface area contributed by atoms with E-state index >= 15 is 0 Å². The van der Waals surface area contributed by atoms with E-state index in [9.17, 15) is 0 Å². The molecule has 1 fully saturated rings. The van der Waals surface area contributed by atoms with Crippen LogP contribution in [0.3, 0.4) is 0 Å². The molecular formula is C14H21NO2. The van der Waals surface area contributed by atoms with Gasteiger partial charge in [0.25, 0.3) is 0 Å². The summed E-state index contributed by atoms with van der Waals surface area (Å²) < 4.78 is 10.8. The summed E-state index contributed by atoms with van der Waals surface area (Å²) in [4.78, 5) is 0. The molecule has 17 heavy (non-hydrogen) atoms. The number of methoxy groups -OCH3 is 2. The Kier molecular flexibility index (Phi) is 3.89. The highest BCUT2D eigenvalue weighted by Crippen LogP contribution is 2.35. The molecule has 0 heterocycles. The minimum atomic E-state index is 0.324. The molecule has 3 nitrogen and oxygen atoms in total. The van der Waals surface area contributed by atoms with Crippen molar-refractivity contribution in [3.63, 3.8) is 0 Å². The molecule has 1 aromatic carbocycles. The average Bonchev–Trinajstić information content (AvgIpc) is 3.19. The molecule has 0 bridgehead atoms. The lowest BCUT2D eigenvalue weighted by Crippen LogP contribution is -2.23.